The molecule has 1 aliphatic carbocycles. The van der Waals surface area contributed by atoms with Crippen LogP contribution in [-0.2, 0) is 15.4 Å². The van der Waals surface area contributed by atoms with E-state index in [0.717, 1.165) is 0 Å². The van der Waals surface area contributed by atoms with Crippen molar-refractivity contribution < 1.29 is 17.7 Å². The van der Waals surface area contributed by atoms with Gasteiger partial charge >= 0.3 is 6.03 Å². The summed E-state index contributed by atoms with van der Waals surface area (Å²) in [6, 6.07) is -0.219. The van der Waals surface area contributed by atoms with Crippen LogP contribution < -0.4 is 10.6 Å². The minimum atomic E-state index is -3.30. The van der Waals surface area contributed by atoms with E-state index >= 15 is 0 Å². The van der Waals surface area contributed by atoms with Crippen molar-refractivity contribution in [3.05, 3.63) is 11.7 Å². The maximum atomic E-state index is 12.0. The van der Waals surface area contributed by atoms with Crippen LogP contribution in [0.2, 0.25) is 0 Å². The van der Waals surface area contributed by atoms with E-state index in [0.29, 0.717) is 37.6 Å². The summed E-state index contributed by atoms with van der Waals surface area (Å²) in [4.78, 5) is 16.4. The number of rotatable bonds is 4. The molecule has 9 nitrogen and oxygen atoms in total. The molecule has 10 heteroatoms. The molecule has 2 aliphatic rings. The smallest absolute Gasteiger partial charge is 0.315 e. The van der Waals surface area contributed by atoms with Gasteiger partial charge in [0.2, 0.25) is 15.9 Å². The zero-order valence-electron chi connectivity index (χ0n) is 14.9. The maximum absolute atomic E-state index is 12.0. The maximum Gasteiger partial charge on any atom is 0.315 e. The normalized spacial score (nSPS) is 29.8. The average Bonchev–Trinajstić information content (AvgIpc) is 3.08. The number of nitrogens with one attached hydrogen (secondary N) is 2. The minimum Gasteiger partial charge on any atom is -0.339 e. The number of hydrogen-bond acceptors (Lipinski definition) is 6. The Labute approximate surface area is 147 Å². The number of aryl methyl sites for hydroxylation is 1. The Morgan fingerprint density at radius 2 is 2.16 bits per heavy atom. The topological polar surface area (TPSA) is 117 Å². The molecular formula is C15H25N5O4S. The van der Waals surface area contributed by atoms with Crippen molar-refractivity contribution in [2.24, 2.45) is 5.92 Å². The molecule has 1 aromatic rings. The van der Waals surface area contributed by atoms with Gasteiger partial charge in [-0.1, -0.05) is 5.16 Å². The molecule has 2 N–H and O–H groups in total. The van der Waals surface area contributed by atoms with Gasteiger partial charge in [0, 0.05) is 25.2 Å². The molecule has 25 heavy (non-hydrogen) atoms. The third kappa shape index (κ3) is 3.50. The van der Waals surface area contributed by atoms with Gasteiger partial charge < -0.3 is 15.2 Å². The predicted octanol–water partition coefficient (Wildman–Crippen LogP) is 0.377. The molecule has 0 spiro atoms. The predicted molar refractivity (Wildman–Crippen MR) is 90.4 cm³/mol. The lowest BCUT2D eigenvalue weighted by molar-refractivity contribution is 0.231. The largest absolute Gasteiger partial charge is 0.339 e. The van der Waals surface area contributed by atoms with Crippen molar-refractivity contribution in [3.63, 3.8) is 0 Å². The summed E-state index contributed by atoms with van der Waals surface area (Å²) in [6.07, 6.45) is 2.47. The zero-order valence-corrected chi connectivity index (χ0v) is 15.8. The Bertz CT molecular complexity index is 762. The first-order valence-corrected chi connectivity index (χ1v) is 10.3. The molecule has 3 atom stereocenters. The highest BCUT2D eigenvalue weighted by Crippen LogP contribution is 2.50. The van der Waals surface area contributed by atoms with E-state index in [1.54, 1.807) is 6.92 Å². The third-order valence-corrected chi connectivity index (χ3v) is 6.24. The summed E-state index contributed by atoms with van der Waals surface area (Å²) in [5.41, 5.74) is -0.542. The number of urea groups is 1. The first-order valence-electron chi connectivity index (χ1n) is 8.43. The summed E-state index contributed by atoms with van der Waals surface area (Å²) in [7, 11) is -3.30. The fourth-order valence-corrected chi connectivity index (χ4v) is 4.92. The van der Waals surface area contributed by atoms with Gasteiger partial charge in [-0.05, 0) is 39.5 Å². The second-order valence-corrected chi connectivity index (χ2v) is 9.45. The van der Waals surface area contributed by atoms with Gasteiger partial charge in [0.25, 0.3) is 0 Å². The lowest BCUT2D eigenvalue weighted by Gasteiger charge is -2.25. The number of nitrogens with zero attached hydrogens (tertiary/aromatic N) is 3. The molecule has 3 rings (SSSR count). The first-order chi connectivity index (χ1) is 11.6. The highest BCUT2D eigenvalue weighted by atomic mass is 32.2. The van der Waals surface area contributed by atoms with E-state index < -0.39 is 15.4 Å². The van der Waals surface area contributed by atoms with Gasteiger partial charge in [-0.25, -0.2) is 17.5 Å². The van der Waals surface area contributed by atoms with Crippen molar-refractivity contribution in [1.82, 2.24) is 25.1 Å². The number of aromatic nitrogens is 2. The second kappa shape index (κ2) is 6.24. The standard InChI is InChI=1S/C15H25N5O4S/c1-9(2)16-14(21)18-12-5-11-7-20(25(4,22)23)8-15(11,6-12)13-17-10(3)19-24-13/h9,11-12H,5-8H2,1-4H3,(H2,16,18,21)/t11?,12-,15+/m1/s1. The van der Waals surface area contributed by atoms with Crippen molar-refractivity contribution in [2.75, 3.05) is 19.3 Å². The molecule has 0 radical (unpaired) electrons. The fourth-order valence-electron chi connectivity index (χ4n) is 4.01. The average molecular weight is 371 g/mol. The first kappa shape index (κ1) is 18.1. The van der Waals surface area contributed by atoms with Crippen LogP contribution >= 0.6 is 0 Å². The summed E-state index contributed by atoms with van der Waals surface area (Å²) < 4.78 is 30.9. The second-order valence-electron chi connectivity index (χ2n) is 7.46. The Balaban J connectivity index is 1.83. The van der Waals surface area contributed by atoms with E-state index in [1.807, 2.05) is 13.8 Å². The van der Waals surface area contributed by atoms with E-state index in [9.17, 15) is 13.2 Å². The van der Waals surface area contributed by atoms with Crippen LogP contribution in [0.4, 0.5) is 4.79 Å². The molecule has 1 aromatic heterocycles. The van der Waals surface area contributed by atoms with Gasteiger partial charge in [0.05, 0.1) is 11.7 Å². The summed E-state index contributed by atoms with van der Waals surface area (Å²) in [5.74, 6) is 1.02. The van der Waals surface area contributed by atoms with Gasteiger partial charge in [0.1, 0.15) is 0 Å². The van der Waals surface area contributed by atoms with E-state index in [-0.39, 0.29) is 24.0 Å². The molecule has 140 valence electrons. The number of fused-ring (bicyclic) bond motifs is 1. The molecule has 1 unspecified atom stereocenters. The summed E-state index contributed by atoms with van der Waals surface area (Å²) in [5, 5.41) is 9.68. The Morgan fingerprint density at radius 1 is 1.44 bits per heavy atom. The molecule has 2 fully saturated rings. The quantitative estimate of drug-likeness (QED) is 0.790. The van der Waals surface area contributed by atoms with Crippen LogP contribution in [0, 0.1) is 12.8 Å². The number of carbonyl (C=O) groups is 1. The van der Waals surface area contributed by atoms with Crippen molar-refractivity contribution >= 4 is 16.1 Å². The number of hydrogen-bond donors (Lipinski definition) is 2. The molecule has 0 bridgehead atoms. The van der Waals surface area contributed by atoms with Crippen LogP contribution in [0.5, 0.6) is 0 Å². The van der Waals surface area contributed by atoms with Crippen LogP contribution in [0.15, 0.2) is 4.52 Å². The van der Waals surface area contributed by atoms with E-state index in [1.165, 1.54) is 10.6 Å². The van der Waals surface area contributed by atoms with Gasteiger partial charge in [-0.2, -0.15) is 4.98 Å². The summed E-state index contributed by atoms with van der Waals surface area (Å²) in [6.45, 7) is 6.25. The fraction of sp³-hybridized carbons (Fsp3) is 0.800. The Hall–Kier alpha value is -1.68. The number of amides is 2. The number of carbonyl (C=O) groups excluding carboxylic acids is 1. The molecular weight excluding hydrogens is 346 g/mol. The van der Waals surface area contributed by atoms with E-state index in [2.05, 4.69) is 20.8 Å². The van der Waals surface area contributed by atoms with Crippen LogP contribution in [0.3, 0.4) is 0 Å². The summed E-state index contributed by atoms with van der Waals surface area (Å²) >= 11 is 0. The molecule has 2 amide bonds. The molecule has 0 aromatic carbocycles. The van der Waals surface area contributed by atoms with Crippen LogP contribution in [-0.4, -0.2) is 60.3 Å². The Kier molecular flexibility index (Phi) is 4.52. The van der Waals surface area contributed by atoms with Crippen molar-refractivity contribution in [1.29, 1.82) is 0 Å². The Morgan fingerprint density at radius 3 is 2.72 bits per heavy atom. The number of sulfonamides is 1. The lowest BCUT2D eigenvalue weighted by atomic mass is 9.80. The minimum absolute atomic E-state index is 0.0337. The molecule has 1 saturated heterocycles. The highest BCUT2D eigenvalue weighted by molar-refractivity contribution is 7.88. The molecule has 1 aliphatic heterocycles. The molecule has 2 heterocycles. The van der Waals surface area contributed by atoms with Crippen LogP contribution in [0.25, 0.3) is 0 Å². The molecule has 1 saturated carbocycles. The highest BCUT2D eigenvalue weighted by Gasteiger charge is 2.58. The van der Waals surface area contributed by atoms with Crippen molar-refractivity contribution in [2.45, 2.75) is 51.1 Å². The zero-order chi connectivity index (χ0) is 18.4. The third-order valence-electron chi connectivity index (χ3n) is 5.02. The SMILES string of the molecule is Cc1noc([C@]23C[C@H](NC(=O)NC(C)C)CC2CN(S(C)(=O)=O)C3)n1. The van der Waals surface area contributed by atoms with Crippen molar-refractivity contribution in [3.8, 4) is 0 Å². The van der Waals surface area contributed by atoms with Gasteiger partial charge in [0.15, 0.2) is 5.82 Å². The van der Waals surface area contributed by atoms with Gasteiger partial charge in [-0.3, -0.25) is 0 Å². The monoisotopic (exact) mass is 371 g/mol. The van der Waals surface area contributed by atoms with E-state index in [4.69, 9.17) is 4.52 Å². The van der Waals surface area contributed by atoms with Gasteiger partial charge in [-0.15, -0.1) is 0 Å². The lowest BCUT2D eigenvalue weighted by Crippen LogP contribution is -2.45. The van der Waals surface area contributed by atoms with Crippen LogP contribution in [0.1, 0.15) is 38.4 Å².